The van der Waals surface area contributed by atoms with Crippen molar-refractivity contribution in [2.45, 2.75) is 44.3 Å². The maximum Gasteiger partial charge on any atom is 0.293 e. The van der Waals surface area contributed by atoms with Gasteiger partial charge in [-0.15, -0.1) is 0 Å². The smallest absolute Gasteiger partial charge is 0.293 e. The van der Waals surface area contributed by atoms with Crippen LogP contribution in [-0.2, 0) is 19.2 Å². The van der Waals surface area contributed by atoms with Crippen molar-refractivity contribution in [3.63, 3.8) is 0 Å². The first-order valence-electron chi connectivity index (χ1n) is 12.5. The van der Waals surface area contributed by atoms with Gasteiger partial charge in [-0.05, 0) is 50.3 Å². The lowest BCUT2D eigenvalue weighted by Gasteiger charge is -2.30. The summed E-state index contributed by atoms with van der Waals surface area (Å²) in [6.07, 6.45) is 3.08. The van der Waals surface area contributed by atoms with Crippen LogP contribution in [0.1, 0.15) is 36.5 Å². The molecule has 3 aliphatic heterocycles. The maximum absolute atomic E-state index is 13.5. The minimum Gasteiger partial charge on any atom is -0.378 e. The molecular weight excluding hydrogens is 530 g/mol. The second-order valence-electron chi connectivity index (χ2n) is 9.37. The molecule has 212 valence electrons. The van der Waals surface area contributed by atoms with Gasteiger partial charge in [-0.3, -0.25) is 34.1 Å². The van der Waals surface area contributed by atoms with Gasteiger partial charge < -0.3 is 31.5 Å². The molecule has 0 aromatic heterocycles. The number of thioether (sulfide) groups is 1. The highest BCUT2D eigenvalue weighted by atomic mass is 32.2. The van der Waals surface area contributed by atoms with E-state index in [1.807, 2.05) is 6.26 Å². The molecule has 1 fully saturated rings. The summed E-state index contributed by atoms with van der Waals surface area (Å²) in [7, 11) is 0. The van der Waals surface area contributed by atoms with Crippen molar-refractivity contribution in [1.82, 2.24) is 20.4 Å². The van der Waals surface area contributed by atoms with Crippen LogP contribution in [0.3, 0.4) is 0 Å². The summed E-state index contributed by atoms with van der Waals surface area (Å²) in [5.41, 5.74) is 5.03. The largest absolute Gasteiger partial charge is 0.378 e. The Morgan fingerprint density at radius 3 is 2.59 bits per heavy atom. The third kappa shape index (κ3) is 7.37. The van der Waals surface area contributed by atoms with Gasteiger partial charge >= 0.3 is 0 Å². The van der Waals surface area contributed by atoms with Gasteiger partial charge in [0.15, 0.2) is 0 Å². The molecule has 0 spiro atoms. The lowest BCUT2D eigenvalue weighted by atomic mass is 10.1. The molecule has 4 rings (SSSR count). The highest BCUT2D eigenvalue weighted by molar-refractivity contribution is 7.98. The van der Waals surface area contributed by atoms with E-state index in [0.717, 1.165) is 11.0 Å². The topological polar surface area (TPSA) is 197 Å². The van der Waals surface area contributed by atoms with Crippen molar-refractivity contribution in [3.8, 4) is 0 Å². The first kappa shape index (κ1) is 29.7. The van der Waals surface area contributed by atoms with E-state index in [-0.39, 0.29) is 36.4 Å². The molecule has 1 aromatic carbocycles. The van der Waals surface area contributed by atoms with E-state index in [1.54, 1.807) is 0 Å². The number of primary amides is 1. The maximum atomic E-state index is 13.5. The Hall–Kier alpha value is -3.88. The van der Waals surface area contributed by atoms with Crippen molar-refractivity contribution in [3.05, 3.63) is 33.9 Å². The number of hydrogen-bond acceptors (Lipinski definition) is 9. The van der Waals surface area contributed by atoms with Crippen LogP contribution >= 0.6 is 11.8 Å². The highest BCUT2D eigenvalue weighted by Gasteiger charge is 2.39. The van der Waals surface area contributed by atoms with Gasteiger partial charge in [-0.1, -0.05) is 0 Å². The molecule has 3 atom stereocenters. The number of carbonyl (C=O) groups is 5. The summed E-state index contributed by atoms with van der Waals surface area (Å²) < 4.78 is 0. The van der Waals surface area contributed by atoms with Crippen molar-refractivity contribution >= 4 is 52.7 Å². The average Bonchev–Trinajstić information content (AvgIpc) is 3.39. The summed E-state index contributed by atoms with van der Waals surface area (Å²) >= 11 is 1.48. The minimum atomic E-state index is -1.03. The quantitative estimate of drug-likeness (QED) is 0.204. The van der Waals surface area contributed by atoms with E-state index in [9.17, 15) is 34.1 Å². The molecule has 0 radical (unpaired) electrons. The minimum absolute atomic E-state index is 0.00890. The summed E-state index contributed by atoms with van der Waals surface area (Å²) in [5.74, 6) is -2.41. The SMILES string of the molecule is CSCC[C@@H]1NC(=O)c2ccc(c([N+](=O)[O-])c2)NCCN(CC(N)=O)C(=O)[C@H](C)NC(=O)[C@@H]2CCCN2C1=O. The molecule has 5 amide bonds. The van der Waals surface area contributed by atoms with Crippen LogP contribution in [0.2, 0.25) is 0 Å². The molecule has 5 N–H and O–H groups in total. The average molecular weight is 564 g/mol. The second-order valence-corrected chi connectivity index (χ2v) is 10.4. The Morgan fingerprint density at radius 2 is 1.92 bits per heavy atom. The number of nitrogens with zero attached hydrogens (tertiary/aromatic N) is 3. The number of nitro benzene ring substituents is 1. The Balaban J connectivity index is 2.01. The van der Waals surface area contributed by atoms with Crippen LogP contribution in [0.25, 0.3) is 0 Å². The number of nitro groups is 1. The molecule has 1 saturated heterocycles. The molecule has 0 aliphatic carbocycles. The van der Waals surface area contributed by atoms with Crippen LogP contribution in [0.4, 0.5) is 11.4 Å². The van der Waals surface area contributed by atoms with E-state index >= 15 is 0 Å². The van der Waals surface area contributed by atoms with Crippen molar-refractivity contribution in [2.24, 2.45) is 5.73 Å². The molecule has 3 heterocycles. The van der Waals surface area contributed by atoms with Gasteiger partial charge in [0.25, 0.3) is 11.6 Å². The molecule has 1 aromatic rings. The molecule has 39 heavy (non-hydrogen) atoms. The Morgan fingerprint density at radius 1 is 1.18 bits per heavy atom. The van der Waals surface area contributed by atoms with E-state index in [1.165, 1.54) is 35.7 Å². The number of nitrogens with two attached hydrogens (primary N) is 1. The Kier molecular flexibility index (Phi) is 10.1. The zero-order valence-corrected chi connectivity index (χ0v) is 22.6. The fraction of sp³-hybridized carbons (Fsp3) is 0.542. The lowest BCUT2D eigenvalue weighted by molar-refractivity contribution is -0.384. The van der Waals surface area contributed by atoms with Gasteiger partial charge in [-0.25, -0.2) is 0 Å². The lowest BCUT2D eigenvalue weighted by Crippen LogP contribution is -2.56. The Bertz CT molecular complexity index is 1150. The number of hydrogen-bond donors (Lipinski definition) is 4. The van der Waals surface area contributed by atoms with Crippen LogP contribution < -0.4 is 21.7 Å². The fourth-order valence-electron chi connectivity index (χ4n) is 4.64. The van der Waals surface area contributed by atoms with Crippen LogP contribution in [0, 0.1) is 10.1 Å². The fourth-order valence-corrected chi connectivity index (χ4v) is 5.11. The van der Waals surface area contributed by atoms with Crippen LogP contribution in [0.5, 0.6) is 0 Å². The number of fused-ring (bicyclic) bond motifs is 12. The summed E-state index contributed by atoms with van der Waals surface area (Å²) in [4.78, 5) is 78.2. The number of amides is 5. The van der Waals surface area contributed by atoms with Gasteiger partial charge in [0.1, 0.15) is 23.8 Å². The van der Waals surface area contributed by atoms with Gasteiger partial charge in [0.2, 0.25) is 23.6 Å². The van der Waals surface area contributed by atoms with Crippen molar-refractivity contribution in [1.29, 1.82) is 0 Å². The summed E-state index contributed by atoms with van der Waals surface area (Å²) in [5, 5.41) is 19.9. The van der Waals surface area contributed by atoms with E-state index in [0.29, 0.717) is 25.1 Å². The van der Waals surface area contributed by atoms with E-state index < -0.39 is 59.1 Å². The normalized spacial score (nSPS) is 22.9. The first-order chi connectivity index (χ1) is 18.5. The molecule has 0 saturated carbocycles. The number of nitrogens with one attached hydrogen (secondary N) is 3. The van der Waals surface area contributed by atoms with Crippen molar-refractivity contribution in [2.75, 3.05) is 43.5 Å². The number of benzene rings is 1. The van der Waals surface area contributed by atoms with Crippen molar-refractivity contribution < 1.29 is 28.9 Å². The molecular formula is C24H33N7O7S. The molecule has 2 bridgehead atoms. The zero-order valence-electron chi connectivity index (χ0n) is 21.8. The number of carbonyl (C=O) groups excluding carboxylic acids is 5. The standard InChI is InChI=1S/C24H33N7O7S/c1-14-23(35)29(13-20(25)32)10-8-26-16-6-5-15(12-19(16)31(37)38)21(33)28-17(7-11-39-2)24(36)30-9-3-4-18(30)22(34)27-14/h5-6,12,14,17-18,26H,3-4,7-11,13H2,1-2H3,(H2,25,32)(H,27,34)(H,28,33)/t14-,17-,18-/m0/s1. The first-order valence-corrected chi connectivity index (χ1v) is 13.9. The van der Waals surface area contributed by atoms with E-state index in [2.05, 4.69) is 16.0 Å². The van der Waals surface area contributed by atoms with Gasteiger partial charge in [0, 0.05) is 31.3 Å². The monoisotopic (exact) mass is 563 g/mol. The molecule has 15 heteroatoms. The van der Waals surface area contributed by atoms with Gasteiger partial charge in [0.05, 0.1) is 11.5 Å². The summed E-state index contributed by atoms with van der Waals surface area (Å²) in [6.45, 7) is 1.31. The summed E-state index contributed by atoms with van der Waals surface area (Å²) in [6, 6.07) is 1.04. The third-order valence-corrected chi connectivity index (χ3v) is 7.24. The second kappa shape index (κ2) is 13.3. The highest BCUT2D eigenvalue weighted by Crippen LogP contribution is 2.26. The third-order valence-electron chi connectivity index (χ3n) is 6.59. The molecule has 14 nitrogen and oxygen atoms in total. The molecule has 0 unspecified atom stereocenters. The van der Waals surface area contributed by atoms with Crippen LogP contribution in [0.15, 0.2) is 18.2 Å². The Labute approximate surface area is 229 Å². The predicted molar refractivity (Wildman–Crippen MR) is 144 cm³/mol. The van der Waals surface area contributed by atoms with Crippen LogP contribution in [-0.4, -0.2) is 101 Å². The number of rotatable bonds is 6. The predicted octanol–water partition coefficient (Wildman–Crippen LogP) is -0.319. The molecule has 3 aliphatic rings. The van der Waals surface area contributed by atoms with E-state index in [4.69, 9.17) is 5.73 Å². The van der Waals surface area contributed by atoms with Gasteiger partial charge in [-0.2, -0.15) is 11.8 Å². The number of anilines is 1. The zero-order chi connectivity index (χ0) is 28.7.